The molecule has 0 spiro atoms. The number of aromatic nitrogens is 3. The van der Waals surface area contributed by atoms with E-state index in [1.54, 1.807) is 13.1 Å². The largest absolute Gasteiger partial charge is 0.301 e. The van der Waals surface area contributed by atoms with Gasteiger partial charge in [-0.15, -0.1) is 0 Å². The van der Waals surface area contributed by atoms with Crippen molar-refractivity contribution in [2.75, 3.05) is 14.1 Å². The molecule has 3 aromatic rings. The summed E-state index contributed by atoms with van der Waals surface area (Å²) in [5, 5.41) is 13.0. The van der Waals surface area contributed by atoms with Gasteiger partial charge >= 0.3 is 0 Å². The molecule has 3 rings (SSSR count). The highest BCUT2D eigenvalue weighted by atomic mass is 32.2. The van der Waals surface area contributed by atoms with Crippen molar-refractivity contribution in [3.8, 4) is 17.2 Å². The molecule has 0 aliphatic heterocycles. The molecule has 9 nitrogen and oxygen atoms in total. The lowest BCUT2D eigenvalue weighted by molar-refractivity contribution is -0.118. The van der Waals surface area contributed by atoms with Crippen LogP contribution in [0.15, 0.2) is 41.6 Å². The summed E-state index contributed by atoms with van der Waals surface area (Å²) in [6.45, 7) is 5.61. The number of carbonyl (C=O) groups is 1. The van der Waals surface area contributed by atoms with Crippen LogP contribution in [0.1, 0.15) is 55.2 Å². The van der Waals surface area contributed by atoms with Crippen LogP contribution in [0.5, 0.6) is 0 Å². The molecule has 1 aromatic carbocycles. The summed E-state index contributed by atoms with van der Waals surface area (Å²) in [7, 11) is 1.12. The fraction of sp³-hybridized carbons (Fsp3) is 0.360. The van der Waals surface area contributed by atoms with Crippen molar-refractivity contribution in [3.63, 3.8) is 0 Å². The highest BCUT2D eigenvalue weighted by Gasteiger charge is 2.26. The van der Waals surface area contributed by atoms with Crippen molar-refractivity contribution in [2.45, 2.75) is 44.2 Å². The molecule has 0 fully saturated rings. The lowest BCUT2D eigenvalue weighted by atomic mass is 9.88. The molecule has 2 aromatic heterocycles. The third-order valence-corrected chi connectivity index (χ3v) is 7.26. The highest BCUT2D eigenvalue weighted by molar-refractivity contribution is 7.90. The van der Waals surface area contributed by atoms with Gasteiger partial charge in [0.25, 0.3) is 10.0 Å². The molecule has 0 radical (unpaired) electrons. The molecule has 36 heavy (non-hydrogen) atoms. The lowest BCUT2D eigenvalue weighted by Gasteiger charge is -2.19. The molecule has 2 heterocycles. The van der Waals surface area contributed by atoms with Crippen molar-refractivity contribution in [3.05, 3.63) is 64.9 Å². The Bertz CT molecular complexity index is 1440. The number of nitriles is 1. The van der Waals surface area contributed by atoms with Crippen LogP contribution in [0.3, 0.4) is 0 Å². The number of sulfonamides is 1. The van der Waals surface area contributed by atoms with E-state index in [1.165, 1.54) is 35.1 Å². The molecule has 0 aliphatic carbocycles. The minimum atomic E-state index is -4.25. The van der Waals surface area contributed by atoms with E-state index < -0.39 is 21.7 Å². The van der Waals surface area contributed by atoms with E-state index in [4.69, 9.17) is 0 Å². The Morgan fingerprint density at radius 1 is 1.22 bits per heavy atom. The van der Waals surface area contributed by atoms with Crippen molar-refractivity contribution < 1.29 is 17.6 Å². The van der Waals surface area contributed by atoms with Crippen molar-refractivity contribution in [1.29, 1.82) is 5.26 Å². The molecule has 1 unspecified atom stereocenters. The predicted octanol–water partition coefficient (Wildman–Crippen LogP) is 3.29. The third-order valence-electron chi connectivity index (χ3n) is 6.01. The Balaban J connectivity index is 1.98. The van der Waals surface area contributed by atoms with Gasteiger partial charge in [0.2, 0.25) is 5.91 Å². The summed E-state index contributed by atoms with van der Waals surface area (Å²) in [5.41, 5.74) is 2.73. The zero-order valence-electron chi connectivity index (χ0n) is 21.1. The van der Waals surface area contributed by atoms with Gasteiger partial charge in [-0.25, -0.2) is 14.1 Å². The number of rotatable bonds is 8. The standard InChI is InChI=1S/C25H29FN6O3S/c1-15(2)20-10-18(26)11-21(17-7-8-28-19(9-17)14-27)22(20)12-24(33)30-36(34,35)25-13-23(32(6)29-25)16(3)31(4)5/h7-11,13,15-16H,12H2,1-6H3,(H,30,33). The molecule has 0 bridgehead atoms. The predicted molar refractivity (Wildman–Crippen MR) is 133 cm³/mol. The number of benzene rings is 1. The van der Waals surface area contributed by atoms with Crippen LogP contribution in [0.4, 0.5) is 4.39 Å². The van der Waals surface area contributed by atoms with Gasteiger partial charge in [-0.2, -0.15) is 18.8 Å². The maximum atomic E-state index is 14.5. The average Bonchev–Trinajstić information content (AvgIpc) is 3.21. The van der Waals surface area contributed by atoms with Crippen molar-refractivity contribution in [1.82, 2.24) is 24.4 Å². The van der Waals surface area contributed by atoms with Crippen LogP contribution in [0, 0.1) is 17.1 Å². The zero-order chi connectivity index (χ0) is 26.8. The first-order chi connectivity index (χ1) is 16.8. The van der Waals surface area contributed by atoms with Gasteiger partial charge in [0.15, 0.2) is 5.03 Å². The fourth-order valence-electron chi connectivity index (χ4n) is 3.93. The molecule has 1 atom stereocenters. The van der Waals surface area contributed by atoms with E-state index in [2.05, 4.69) is 14.8 Å². The number of nitrogens with one attached hydrogen (secondary N) is 1. The second-order valence-electron chi connectivity index (χ2n) is 9.09. The maximum absolute atomic E-state index is 14.5. The maximum Gasteiger partial charge on any atom is 0.283 e. The normalized spacial score (nSPS) is 12.6. The number of hydrogen-bond acceptors (Lipinski definition) is 7. The van der Waals surface area contributed by atoms with Gasteiger partial charge in [0.1, 0.15) is 17.6 Å². The molecule has 190 valence electrons. The quantitative estimate of drug-likeness (QED) is 0.492. The van der Waals surface area contributed by atoms with Crippen LogP contribution in [0.2, 0.25) is 0 Å². The topological polar surface area (TPSA) is 121 Å². The number of amides is 1. The van der Waals surface area contributed by atoms with Crippen LogP contribution >= 0.6 is 0 Å². The Kier molecular flexibility index (Phi) is 7.91. The summed E-state index contributed by atoms with van der Waals surface area (Å²) in [4.78, 5) is 18.9. The van der Waals surface area contributed by atoms with E-state index in [0.717, 1.165) is 0 Å². The molecular weight excluding hydrogens is 483 g/mol. The molecular formula is C25H29FN6O3S. The minimum absolute atomic E-state index is 0.101. The van der Waals surface area contributed by atoms with Crippen LogP contribution in [-0.2, 0) is 28.3 Å². The highest BCUT2D eigenvalue weighted by Crippen LogP contribution is 2.32. The fourth-order valence-corrected chi connectivity index (χ4v) is 4.91. The van der Waals surface area contributed by atoms with E-state index in [-0.39, 0.29) is 29.1 Å². The second-order valence-corrected chi connectivity index (χ2v) is 10.7. The van der Waals surface area contributed by atoms with Gasteiger partial charge in [-0.1, -0.05) is 13.8 Å². The van der Waals surface area contributed by atoms with Crippen LogP contribution < -0.4 is 4.72 Å². The summed E-state index contributed by atoms with van der Waals surface area (Å²) in [6.07, 6.45) is 1.11. The van der Waals surface area contributed by atoms with Crippen LogP contribution in [0.25, 0.3) is 11.1 Å². The van der Waals surface area contributed by atoms with E-state index in [1.807, 2.05) is 45.8 Å². The van der Waals surface area contributed by atoms with E-state index in [0.29, 0.717) is 27.9 Å². The Labute approximate surface area is 210 Å². The number of carbonyl (C=O) groups excluding carboxylic acids is 1. The molecule has 11 heteroatoms. The van der Waals surface area contributed by atoms with Gasteiger partial charge in [0, 0.05) is 25.4 Å². The van der Waals surface area contributed by atoms with E-state index >= 15 is 0 Å². The number of nitrogens with zero attached hydrogens (tertiary/aromatic N) is 5. The molecule has 0 saturated heterocycles. The lowest BCUT2D eigenvalue weighted by Crippen LogP contribution is -2.32. The van der Waals surface area contributed by atoms with Gasteiger partial charge in [-0.3, -0.25) is 9.48 Å². The smallest absolute Gasteiger partial charge is 0.283 e. The van der Waals surface area contributed by atoms with Crippen LogP contribution in [-0.4, -0.2) is 48.1 Å². The first-order valence-corrected chi connectivity index (χ1v) is 12.8. The summed E-state index contributed by atoms with van der Waals surface area (Å²) >= 11 is 0. The van der Waals surface area contributed by atoms with Crippen molar-refractivity contribution in [2.24, 2.45) is 7.05 Å². The minimum Gasteiger partial charge on any atom is -0.301 e. The number of hydrogen-bond donors (Lipinski definition) is 1. The molecule has 1 N–H and O–H groups in total. The Hall–Kier alpha value is -3.62. The molecule has 0 saturated carbocycles. The first kappa shape index (κ1) is 27.0. The first-order valence-electron chi connectivity index (χ1n) is 11.3. The Morgan fingerprint density at radius 3 is 2.53 bits per heavy atom. The van der Waals surface area contributed by atoms with Crippen molar-refractivity contribution >= 4 is 15.9 Å². The monoisotopic (exact) mass is 512 g/mol. The van der Waals surface area contributed by atoms with E-state index in [9.17, 15) is 22.9 Å². The van der Waals surface area contributed by atoms with Gasteiger partial charge in [-0.05, 0) is 73.5 Å². The average molecular weight is 513 g/mol. The summed E-state index contributed by atoms with van der Waals surface area (Å²) < 4.78 is 44.1. The summed E-state index contributed by atoms with van der Waals surface area (Å²) in [6, 6.07) is 9.00. The molecule has 0 aliphatic rings. The van der Waals surface area contributed by atoms with Gasteiger partial charge in [0.05, 0.1) is 12.1 Å². The van der Waals surface area contributed by atoms with Gasteiger partial charge < -0.3 is 4.90 Å². The summed E-state index contributed by atoms with van der Waals surface area (Å²) in [5.74, 6) is -1.44. The SMILES string of the molecule is CC(C)c1cc(F)cc(-c2ccnc(C#N)c2)c1CC(=O)NS(=O)(=O)c1cc(C(C)N(C)C)n(C)n1. The number of pyridine rings is 1. The second kappa shape index (κ2) is 10.6. The zero-order valence-corrected chi connectivity index (χ0v) is 21.9. The molecule has 1 amide bonds. The number of aryl methyl sites for hydroxylation is 1. The third kappa shape index (κ3) is 5.78. The Morgan fingerprint density at radius 2 is 1.92 bits per heavy atom. The number of halogens is 1.